The molecule has 1 aromatic rings. The minimum atomic E-state index is 0.842. The van der Waals surface area contributed by atoms with Crippen LogP contribution in [0.5, 0.6) is 0 Å². The van der Waals surface area contributed by atoms with Gasteiger partial charge in [-0.3, -0.25) is 4.99 Å². The predicted molar refractivity (Wildman–Crippen MR) is 86.6 cm³/mol. The standard InChI is InChI=1S/C17H28N2/c1-4-6-7-8-9-13-19-17-12-10-11-16(15(17)3)14-18-5-2/h10-12,14,19H,4-9,13H2,1-3H3/b18-14-. The number of benzene rings is 1. The van der Waals surface area contributed by atoms with Crippen molar-refractivity contribution in [2.24, 2.45) is 4.99 Å². The van der Waals surface area contributed by atoms with Gasteiger partial charge in [0.2, 0.25) is 0 Å². The molecule has 1 aromatic carbocycles. The van der Waals surface area contributed by atoms with Crippen LogP contribution in [-0.4, -0.2) is 19.3 Å². The summed E-state index contributed by atoms with van der Waals surface area (Å²) in [4.78, 5) is 4.32. The molecule has 0 radical (unpaired) electrons. The summed E-state index contributed by atoms with van der Waals surface area (Å²) in [6.45, 7) is 8.39. The lowest BCUT2D eigenvalue weighted by atomic mass is 10.1. The molecule has 1 rings (SSSR count). The van der Waals surface area contributed by atoms with Crippen LogP contribution in [-0.2, 0) is 0 Å². The van der Waals surface area contributed by atoms with E-state index >= 15 is 0 Å². The maximum atomic E-state index is 4.32. The zero-order chi connectivity index (χ0) is 13.9. The van der Waals surface area contributed by atoms with Gasteiger partial charge < -0.3 is 5.32 Å². The number of hydrogen-bond donors (Lipinski definition) is 1. The van der Waals surface area contributed by atoms with Gasteiger partial charge >= 0.3 is 0 Å². The summed E-state index contributed by atoms with van der Waals surface area (Å²) in [7, 11) is 0. The topological polar surface area (TPSA) is 24.4 Å². The van der Waals surface area contributed by atoms with Gasteiger partial charge in [-0.05, 0) is 37.5 Å². The minimum Gasteiger partial charge on any atom is -0.385 e. The smallest absolute Gasteiger partial charge is 0.0376 e. The number of aliphatic imine (C=N–C) groups is 1. The molecule has 0 atom stereocenters. The second kappa shape index (κ2) is 9.60. The normalized spacial score (nSPS) is 11.1. The van der Waals surface area contributed by atoms with E-state index in [0.29, 0.717) is 0 Å². The first-order valence-electron chi connectivity index (χ1n) is 7.62. The zero-order valence-electron chi connectivity index (χ0n) is 12.7. The van der Waals surface area contributed by atoms with Gasteiger partial charge in [-0.1, -0.05) is 44.7 Å². The number of nitrogens with zero attached hydrogens (tertiary/aromatic N) is 1. The van der Waals surface area contributed by atoms with Crippen molar-refractivity contribution < 1.29 is 0 Å². The fraction of sp³-hybridized carbons (Fsp3) is 0.588. The van der Waals surface area contributed by atoms with Crippen LogP contribution in [0.3, 0.4) is 0 Å². The number of anilines is 1. The average Bonchev–Trinajstić information content (AvgIpc) is 2.43. The zero-order valence-corrected chi connectivity index (χ0v) is 12.7. The lowest BCUT2D eigenvalue weighted by molar-refractivity contribution is 0.645. The van der Waals surface area contributed by atoms with Gasteiger partial charge in [0.05, 0.1) is 0 Å². The fourth-order valence-electron chi connectivity index (χ4n) is 2.13. The number of rotatable bonds is 9. The van der Waals surface area contributed by atoms with Crippen LogP contribution >= 0.6 is 0 Å². The van der Waals surface area contributed by atoms with Gasteiger partial charge in [-0.25, -0.2) is 0 Å². The molecule has 0 spiro atoms. The Morgan fingerprint density at radius 1 is 1.11 bits per heavy atom. The van der Waals surface area contributed by atoms with E-state index in [0.717, 1.165) is 13.1 Å². The highest BCUT2D eigenvalue weighted by Gasteiger charge is 2.01. The molecule has 106 valence electrons. The molecule has 0 saturated carbocycles. The summed E-state index contributed by atoms with van der Waals surface area (Å²) >= 11 is 0. The van der Waals surface area contributed by atoms with Gasteiger partial charge in [-0.15, -0.1) is 0 Å². The molecule has 0 aliphatic carbocycles. The third-order valence-electron chi connectivity index (χ3n) is 3.38. The van der Waals surface area contributed by atoms with Crippen molar-refractivity contribution in [3.8, 4) is 0 Å². The van der Waals surface area contributed by atoms with Crippen LogP contribution in [0.2, 0.25) is 0 Å². The second-order valence-corrected chi connectivity index (χ2v) is 4.99. The fourth-order valence-corrected chi connectivity index (χ4v) is 2.13. The molecule has 0 fully saturated rings. The summed E-state index contributed by atoms with van der Waals surface area (Å²) < 4.78 is 0. The van der Waals surface area contributed by atoms with Gasteiger partial charge in [-0.2, -0.15) is 0 Å². The third kappa shape index (κ3) is 5.91. The predicted octanol–water partition coefficient (Wildman–Crippen LogP) is 4.82. The lowest BCUT2D eigenvalue weighted by Gasteiger charge is -2.11. The molecule has 2 nitrogen and oxygen atoms in total. The Labute approximate surface area is 118 Å². The molecule has 0 saturated heterocycles. The SMILES string of the molecule is CCCCCCCNc1cccc(/C=N\CC)c1C. The molecule has 0 bridgehead atoms. The van der Waals surface area contributed by atoms with Crippen LogP contribution in [0.4, 0.5) is 5.69 Å². The molecule has 0 aliphatic heterocycles. The Hall–Kier alpha value is -1.31. The monoisotopic (exact) mass is 260 g/mol. The molecule has 0 unspecified atom stereocenters. The van der Waals surface area contributed by atoms with E-state index in [1.54, 1.807) is 0 Å². The van der Waals surface area contributed by atoms with E-state index in [1.807, 2.05) is 6.21 Å². The van der Waals surface area contributed by atoms with E-state index in [9.17, 15) is 0 Å². The minimum absolute atomic E-state index is 0.842. The highest BCUT2D eigenvalue weighted by atomic mass is 14.9. The van der Waals surface area contributed by atoms with Crippen LogP contribution in [0.15, 0.2) is 23.2 Å². The van der Waals surface area contributed by atoms with Crippen molar-refractivity contribution in [1.29, 1.82) is 0 Å². The summed E-state index contributed by atoms with van der Waals surface area (Å²) in [6.07, 6.45) is 8.60. The maximum Gasteiger partial charge on any atom is 0.0376 e. The van der Waals surface area contributed by atoms with Gasteiger partial charge in [0.25, 0.3) is 0 Å². The first-order valence-corrected chi connectivity index (χ1v) is 7.62. The number of hydrogen-bond acceptors (Lipinski definition) is 2. The van der Waals surface area contributed by atoms with Crippen molar-refractivity contribution in [3.63, 3.8) is 0 Å². The first kappa shape index (κ1) is 15.7. The highest BCUT2D eigenvalue weighted by Crippen LogP contribution is 2.18. The molecule has 0 amide bonds. The van der Waals surface area contributed by atoms with Crippen molar-refractivity contribution in [1.82, 2.24) is 0 Å². The largest absolute Gasteiger partial charge is 0.385 e. The van der Waals surface area contributed by atoms with Crippen molar-refractivity contribution >= 4 is 11.9 Å². The van der Waals surface area contributed by atoms with Crippen LogP contribution in [0.25, 0.3) is 0 Å². The highest BCUT2D eigenvalue weighted by molar-refractivity contribution is 5.84. The quantitative estimate of drug-likeness (QED) is 0.500. The van der Waals surface area contributed by atoms with Gasteiger partial charge in [0.1, 0.15) is 0 Å². The first-order chi connectivity index (χ1) is 9.29. The van der Waals surface area contributed by atoms with E-state index < -0.39 is 0 Å². The molecule has 0 heterocycles. The van der Waals surface area contributed by atoms with Crippen LogP contribution in [0.1, 0.15) is 57.1 Å². The van der Waals surface area contributed by atoms with E-state index in [4.69, 9.17) is 0 Å². The van der Waals surface area contributed by atoms with Crippen LogP contribution < -0.4 is 5.32 Å². The van der Waals surface area contributed by atoms with Crippen molar-refractivity contribution in [2.75, 3.05) is 18.4 Å². The van der Waals surface area contributed by atoms with Crippen molar-refractivity contribution in [2.45, 2.75) is 52.9 Å². The summed E-state index contributed by atoms with van der Waals surface area (Å²) in [6, 6.07) is 6.38. The Morgan fingerprint density at radius 3 is 2.63 bits per heavy atom. The Morgan fingerprint density at radius 2 is 1.89 bits per heavy atom. The van der Waals surface area contributed by atoms with Gasteiger partial charge in [0.15, 0.2) is 0 Å². The summed E-state index contributed by atoms with van der Waals surface area (Å²) in [5.41, 5.74) is 3.77. The van der Waals surface area contributed by atoms with E-state index in [2.05, 4.69) is 49.3 Å². The average molecular weight is 260 g/mol. The summed E-state index contributed by atoms with van der Waals surface area (Å²) in [5.74, 6) is 0. The second-order valence-electron chi connectivity index (χ2n) is 4.99. The molecule has 19 heavy (non-hydrogen) atoms. The van der Waals surface area contributed by atoms with E-state index in [-0.39, 0.29) is 0 Å². The molecule has 0 aliphatic rings. The maximum absolute atomic E-state index is 4.32. The molecule has 2 heteroatoms. The number of unbranched alkanes of at least 4 members (excludes halogenated alkanes) is 4. The Kier molecular flexibility index (Phi) is 7.95. The van der Waals surface area contributed by atoms with Gasteiger partial charge in [0, 0.05) is 25.0 Å². The molecular formula is C17H28N2. The summed E-state index contributed by atoms with van der Waals surface area (Å²) in [5, 5.41) is 3.55. The molecule has 0 aromatic heterocycles. The molecular weight excluding hydrogens is 232 g/mol. The van der Waals surface area contributed by atoms with E-state index in [1.165, 1.54) is 48.9 Å². The third-order valence-corrected chi connectivity index (χ3v) is 3.38. The number of nitrogens with one attached hydrogen (secondary N) is 1. The Bertz CT molecular complexity index is 383. The lowest BCUT2D eigenvalue weighted by Crippen LogP contribution is -2.04. The van der Waals surface area contributed by atoms with Crippen LogP contribution in [0, 0.1) is 6.92 Å². The molecule has 1 N–H and O–H groups in total. The van der Waals surface area contributed by atoms with Crippen molar-refractivity contribution in [3.05, 3.63) is 29.3 Å². The Balaban J connectivity index is 2.43.